The molecule has 2 aromatic heterocycles. The van der Waals surface area contributed by atoms with Crippen LogP contribution < -0.4 is 14.5 Å². The maximum Gasteiger partial charge on any atom is 0.242 e. The van der Waals surface area contributed by atoms with Gasteiger partial charge in [-0.2, -0.15) is 0 Å². The zero-order valence-electron chi connectivity index (χ0n) is 17.3. The van der Waals surface area contributed by atoms with Crippen LogP contribution in [0.1, 0.15) is 23.7 Å². The minimum atomic E-state index is 0.294. The van der Waals surface area contributed by atoms with E-state index in [2.05, 4.69) is 43.8 Å². The Bertz CT molecular complexity index is 977. The first-order valence-electron chi connectivity index (χ1n) is 9.90. The van der Waals surface area contributed by atoms with Crippen molar-refractivity contribution in [3.63, 3.8) is 0 Å². The van der Waals surface area contributed by atoms with E-state index in [0.29, 0.717) is 11.9 Å². The van der Waals surface area contributed by atoms with Gasteiger partial charge in [0.05, 0.1) is 18.1 Å². The zero-order chi connectivity index (χ0) is 20.4. The first-order valence-corrected chi connectivity index (χ1v) is 9.90. The molecule has 0 N–H and O–H groups in total. The molecule has 7 nitrogen and oxygen atoms in total. The Kier molecular flexibility index (Phi) is 5.29. The Morgan fingerprint density at radius 1 is 0.931 bits per heavy atom. The maximum absolute atomic E-state index is 5.92. The largest absolute Gasteiger partial charge is 0.437 e. The van der Waals surface area contributed by atoms with Gasteiger partial charge in [-0.1, -0.05) is 18.2 Å². The SMILES string of the molecule is Cc1cnc(N2CCN(c3nnc(Oc4ccccc4)c(C)c3C)C[C@H]2C)cn1. The van der Waals surface area contributed by atoms with Crippen LogP contribution in [0.15, 0.2) is 42.7 Å². The molecule has 150 valence electrons. The van der Waals surface area contributed by atoms with Crippen LogP contribution in [0.5, 0.6) is 11.6 Å². The number of piperazine rings is 1. The summed E-state index contributed by atoms with van der Waals surface area (Å²) in [6.45, 7) is 10.8. The molecule has 0 bridgehead atoms. The number of hydrogen-bond acceptors (Lipinski definition) is 7. The van der Waals surface area contributed by atoms with Crippen LogP contribution in [0.4, 0.5) is 11.6 Å². The van der Waals surface area contributed by atoms with E-state index in [9.17, 15) is 0 Å². The predicted octanol–water partition coefficient (Wildman–Crippen LogP) is 3.70. The Hall–Kier alpha value is -3.22. The van der Waals surface area contributed by atoms with E-state index in [-0.39, 0.29) is 0 Å². The van der Waals surface area contributed by atoms with Crippen molar-refractivity contribution in [2.24, 2.45) is 0 Å². The summed E-state index contributed by atoms with van der Waals surface area (Å²) in [5.74, 6) is 3.16. The van der Waals surface area contributed by atoms with Gasteiger partial charge in [0, 0.05) is 36.8 Å². The zero-order valence-corrected chi connectivity index (χ0v) is 17.3. The molecule has 0 amide bonds. The van der Waals surface area contributed by atoms with Crippen LogP contribution in [0.2, 0.25) is 0 Å². The van der Waals surface area contributed by atoms with Gasteiger partial charge < -0.3 is 14.5 Å². The molecule has 0 radical (unpaired) electrons. The van der Waals surface area contributed by atoms with E-state index in [1.807, 2.05) is 56.6 Å². The van der Waals surface area contributed by atoms with Gasteiger partial charge in [-0.15, -0.1) is 10.2 Å². The second-order valence-corrected chi connectivity index (χ2v) is 7.50. The normalized spacial score (nSPS) is 16.8. The van der Waals surface area contributed by atoms with Gasteiger partial charge in [-0.05, 0) is 39.8 Å². The lowest BCUT2D eigenvalue weighted by molar-refractivity contribution is 0.449. The van der Waals surface area contributed by atoms with Crippen molar-refractivity contribution in [1.82, 2.24) is 20.2 Å². The average Bonchev–Trinajstić information content (AvgIpc) is 2.73. The van der Waals surface area contributed by atoms with Crippen molar-refractivity contribution < 1.29 is 4.74 Å². The number of rotatable bonds is 4. The lowest BCUT2D eigenvalue weighted by Gasteiger charge is -2.41. The van der Waals surface area contributed by atoms with Gasteiger partial charge in [0.1, 0.15) is 11.6 Å². The Labute approximate surface area is 171 Å². The van der Waals surface area contributed by atoms with Crippen LogP contribution in [0, 0.1) is 20.8 Å². The molecule has 1 fully saturated rings. The van der Waals surface area contributed by atoms with Crippen molar-refractivity contribution >= 4 is 11.6 Å². The highest BCUT2D eigenvalue weighted by atomic mass is 16.5. The summed E-state index contributed by atoms with van der Waals surface area (Å²) >= 11 is 0. The summed E-state index contributed by atoms with van der Waals surface area (Å²) in [5.41, 5.74) is 3.04. The second-order valence-electron chi connectivity index (χ2n) is 7.50. The highest BCUT2D eigenvalue weighted by molar-refractivity contribution is 5.54. The molecule has 0 saturated carbocycles. The summed E-state index contributed by atoms with van der Waals surface area (Å²) in [6.07, 6.45) is 3.67. The first kappa shape index (κ1) is 19.1. The van der Waals surface area contributed by atoms with Gasteiger partial charge in [-0.25, -0.2) is 4.98 Å². The van der Waals surface area contributed by atoms with E-state index in [4.69, 9.17) is 4.74 Å². The summed E-state index contributed by atoms with van der Waals surface area (Å²) in [6, 6.07) is 9.97. The van der Waals surface area contributed by atoms with Gasteiger partial charge in [0.2, 0.25) is 5.88 Å². The van der Waals surface area contributed by atoms with Gasteiger partial charge >= 0.3 is 0 Å². The molecule has 3 aromatic rings. The van der Waals surface area contributed by atoms with E-state index in [1.54, 1.807) is 0 Å². The molecule has 0 spiro atoms. The predicted molar refractivity (Wildman–Crippen MR) is 114 cm³/mol. The molecule has 1 aromatic carbocycles. The van der Waals surface area contributed by atoms with Crippen LogP contribution in [0.25, 0.3) is 0 Å². The van der Waals surface area contributed by atoms with Crippen molar-refractivity contribution in [1.29, 1.82) is 0 Å². The third-order valence-electron chi connectivity index (χ3n) is 5.40. The summed E-state index contributed by atoms with van der Waals surface area (Å²) in [4.78, 5) is 13.5. The maximum atomic E-state index is 5.92. The number of aryl methyl sites for hydroxylation is 1. The van der Waals surface area contributed by atoms with E-state index in [0.717, 1.165) is 53.8 Å². The van der Waals surface area contributed by atoms with Gasteiger partial charge in [0.25, 0.3) is 0 Å². The lowest BCUT2D eigenvalue weighted by atomic mass is 10.1. The first-order chi connectivity index (χ1) is 14.0. The third-order valence-corrected chi connectivity index (χ3v) is 5.40. The molecule has 3 heterocycles. The molecular formula is C22H26N6O. The number of benzene rings is 1. The second kappa shape index (κ2) is 8.03. The molecule has 1 saturated heterocycles. The van der Waals surface area contributed by atoms with Crippen LogP contribution >= 0.6 is 0 Å². The topological polar surface area (TPSA) is 67.3 Å². The quantitative estimate of drug-likeness (QED) is 0.673. The smallest absolute Gasteiger partial charge is 0.242 e. The fraction of sp³-hybridized carbons (Fsp3) is 0.364. The molecule has 4 rings (SSSR count). The molecule has 7 heteroatoms. The fourth-order valence-corrected chi connectivity index (χ4v) is 3.59. The standard InChI is InChI=1S/C22H26N6O/c1-15-12-24-20(13-23-15)28-11-10-27(14-16(28)2)21-17(3)18(4)22(26-25-21)29-19-8-6-5-7-9-19/h5-9,12-13,16H,10-11,14H2,1-4H3/t16-/m1/s1. The molecule has 1 aliphatic heterocycles. The number of ether oxygens (including phenoxy) is 1. The van der Waals surface area contributed by atoms with Gasteiger partial charge in [0.15, 0.2) is 5.82 Å². The Morgan fingerprint density at radius 3 is 2.41 bits per heavy atom. The lowest BCUT2D eigenvalue weighted by Crippen LogP contribution is -2.53. The molecule has 0 unspecified atom stereocenters. The van der Waals surface area contributed by atoms with Crippen LogP contribution in [-0.2, 0) is 0 Å². The minimum Gasteiger partial charge on any atom is -0.437 e. The van der Waals surface area contributed by atoms with Crippen LogP contribution in [-0.4, -0.2) is 45.8 Å². The summed E-state index contributed by atoms with van der Waals surface area (Å²) in [7, 11) is 0. The number of aromatic nitrogens is 4. The molecular weight excluding hydrogens is 364 g/mol. The molecule has 1 aliphatic rings. The van der Waals surface area contributed by atoms with Gasteiger partial charge in [-0.3, -0.25) is 4.98 Å². The monoisotopic (exact) mass is 390 g/mol. The summed E-state index contributed by atoms with van der Waals surface area (Å²) in [5, 5.41) is 8.88. The van der Waals surface area contributed by atoms with Crippen molar-refractivity contribution in [2.45, 2.75) is 33.7 Å². The third kappa shape index (κ3) is 3.99. The number of nitrogens with zero attached hydrogens (tertiary/aromatic N) is 6. The summed E-state index contributed by atoms with van der Waals surface area (Å²) < 4.78 is 5.92. The molecule has 0 aliphatic carbocycles. The van der Waals surface area contributed by atoms with Crippen molar-refractivity contribution in [3.8, 4) is 11.6 Å². The Morgan fingerprint density at radius 2 is 1.72 bits per heavy atom. The highest BCUT2D eigenvalue weighted by Gasteiger charge is 2.27. The highest BCUT2D eigenvalue weighted by Crippen LogP contribution is 2.30. The number of anilines is 2. The average molecular weight is 390 g/mol. The van der Waals surface area contributed by atoms with E-state index < -0.39 is 0 Å². The van der Waals surface area contributed by atoms with E-state index in [1.165, 1.54) is 0 Å². The minimum absolute atomic E-state index is 0.294. The molecule has 1 atom stereocenters. The number of para-hydroxylation sites is 1. The van der Waals surface area contributed by atoms with Crippen LogP contribution in [0.3, 0.4) is 0 Å². The number of hydrogen-bond donors (Lipinski definition) is 0. The molecule has 29 heavy (non-hydrogen) atoms. The Balaban J connectivity index is 1.50. The fourth-order valence-electron chi connectivity index (χ4n) is 3.59. The van der Waals surface area contributed by atoms with E-state index >= 15 is 0 Å². The van der Waals surface area contributed by atoms with Crippen molar-refractivity contribution in [2.75, 3.05) is 29.4 Å². The van der Waals surface area contributed by atoms with Crippen molar-refractivity contribution in [3.05, 3.63) is 59.5 Å².